The second kappa shape index (κ2) is 6.13. The Hall–Kier alpha value is -1.81. The normalized spacial score (nSPS) is 19.5. The lowest BCUT2D eigenvalue weighted by molar-refractivity contribution is 0.0932. The number of benzene rings is 1. The molecule has 1 aromatic heterocycles. The van der Waals surface area contributed by atoms with Crippen molar-refractivity contribution in [3.8, 4) is 0 Å². The van der Waals surface area contributed by atoms with Gasteiger partial charge in [0.15, 0.2) is 0 Å². The van der Waals surface area contributed by atoms with Crippen LogP contribution >= 0.6 is 0 Å². The van der Waals surface area contributed by atoms with E-state index in [4.69, 9.17) is 0 Å². The molecule has 1 saturated heterocycles. The molecule has 1 amide bonds. The van der Waals surface area contributed by atoms with E-state index in [9.17, 15) is 4.79 Å². The zero-order valence-corrected chi connectivity index (χ0v) is 13.7. The lowest BCUT2D eigenvalue weighted by Gasteiger charge is -2.29. The van der Waals surface area contributed by atoms with Gasteiger partial charge in [-0.05, 0) is 63.9 Å². The van der Waals surface area contributed by atoms with Crippen LogP contribution in [-0.2, 0) is 0 Å². The number of nitrogens with zero attached hydrogens (tertiary/aromatic N) is 1. The summed E-state index contributed by atoms with van der Waals surface area (Å²) >= 11 is 0. The zero-order valence-electron chi connectivity index (χ0n) is 13.7. The number of amides is 1. The highest BCUT2D eigenvalue weighted by atomic mass is 16.1. The molecule has 3 rings (SSSR count). The van der Waals surface area contributed by atoms with Crippen LogP contribution in [0.1, 0.15) is 34.5 Å². The molecule has 0 bridgehead atoms. The first-order valence-corrected chi connectivity index (χ1v) is 8.10. The second-order valence-corrected chi connectivity index (χ2v) is 6.65. The SMILES string of the molecule is Cc1ccc2[nH]c(C(=O)NC[C@@H]3CCCN(C)C3)c(C)c2c1. The fourth-order valence-corrected chi connectivity index (χ4v) is 3.43. The van der Waals surface area contributed by atoms with Gasteiger partial charge in [-0.15, -0.1) is 0 Å². The first kappa shape index (κ1) is 15.1. The van der Waals surface area contributed by atoms with E-state index in [-0.39, 0.29) is 5.91 Å². The molecule has 0 saturated carbocycles. The summed E-state index contributed by atoms with van der Waals surface area (Å²) in [7, 11) is 2.15. The minimum absolute atomic E-state index is 0.0135. The molecular formula is C18H25N3O. The Morgan fingerprint density at radius 2 is 2.23 bits per heavy atom. The number of aromatic nitrogens is 1. The zero-order chi connectivity index (χ0) is 15.7. The van der Waals surface area contributed by atoms with Crippen molar-refractivity contribution in [1.29, 1.82) is 0 Å². The number of likely N-dealkylation sites (tertiary alicyclic amines) is 1. The third kappa shape index (κ3) is 3.02. The van der Waals surface area contributed by atoms with E-state index in [0.717, 1.165) is 29.6 Å². The molecule has 0 aliphatic carbocycles. The predicted octanol–water partition coefficient (Wildman–Crippen LogP) is 2.86. The molecule has 2 heterocycles. The highest BCUT2D eigenvalue weighted by Crippen LogP contribution is 2.23. The molecule has 4 nitrogen and oxygen atoms in total. The van der Waals surface area contributed by atoms with Gasteiger partial charge in [0.1, 0.15) is 5.69 Å². The van der Waals surface area contributed by atoms with E-state index in [0.29, 0.717) is 11.6 Å². The molecule has 1 aliphatic heterocycles. The minimum atomic E-state index is 0.0135. The summed E-state index contributed by atoms with van der Waals surface area (Å²) in [6, 6.07) is 6.25. The van der Waals surface area contributed by atoms with Crippen molar-refractivity contribution in [2.45, 2.75) is 26.7 Å². The summed E-state index contributed by atoms with van der Waals surface area (Å²) in [5.41, 5.74) is 3.99. The topological polar surface area (TPSA) is 48.1 Å². The molecule has 22 heavy (non-hydrogen) atoms. The minimum Gasteiger partial charge on any atom is -0.350 e. The van der Waals surface area contributed by atoms with Crippen LogP contribution in [0.3, 0.4) is 0 Å². The van der Waals surface area contributed by atoms with Gasteiger partial charge in [0.05, 0.1) is 0 Å². The maximum absolute atomic E-state index is 12.5. The Bertz CT molecular complexity index is 689. The highest BCUT2D eigenvalue weighted by Gasteiger charge is 2.19. The lowest BCUT2D eigenvalue weighted by atomic mass is 9.98. The van der Waals surface area contributed by atoms with E-state index in [2.05, 4.69) is 41.3 Å². The van der Waals surface area contributed by atoms with Gasteiger partial charge in [-0.3, -0.25) is 4.79 Å². The Morgan fingerprint density at radius 1 is 1.41 bits per heavy atom. The number of hydrogen-bond acceptors (Lipinski definition) is 2. The molecule has 1 aliphatic rings. The molecule has 2 aromatic rings. The van der Waals surface area contributed by atoms with Crippen LogP contribution in [0.2, 0.25) is 0 Å². The molecule has 118 valence electrons. The largest absolute Gasteiger partial charge is 0.350 e. The number of nitrogens with one attached hydrogen (secondary N) is 2. The molecule has 1 aromatic carbocycles. The van der Waals surface area contributed by atoms with Crippen LogP contribution in [0.25, 0.3) is 10.9 Å². The summed E-state index contributed by atoms with van der Waals surface area (Å²) in [6.45, 7) is 7.10. The molecule has 1 atom stereocenters. The number of aromatic amines is 1. The third-order valence-corrected chi connectivity index (χ3v) is 4.71. The van der Waals surface area contributed by atoms with Crippen molar-refractivity contribution < 1.29 is 4.79 Å². The third-order valence-electron chi connectivity index (χ3n) is 4.71. The maximum atomic E-state index is 12.5. The number of H-pyrrole nitrogens is 1. The number of carbonyl (C=O) groups is 1. The molecule has 0 unspecified atom stereocenters. The second-order valence-electron chi connectivity index (χ2n) is 6.65. The Labute approximate surface area is 131 Å². The smallest absolute Gasteiger partial charge is 0.268 e. The number of aryl methyl sites for hydroxylation is 2. The van der Waals surface area contributed by atoms with Crippen LogP contribution < -0.4 is 5.32 Å². The van der Waals surface area contributed by atoms with E-state index >= 15 is 0 Å². The summed E-state index contributed by atoms with van der Waals surface area (Å²) in [6.07, 6.45) is 2.43. The quantitative estimate of drug-likeness (QED) is 0.915. The van der Waals surface area contributed by atoms with E-state index in [1.807, 2.05) is 13.0 Å². The molecule has 0 spiro atoms. The van der Waals surface area contributed by atoms with Gasteiger partial charge < -0.3 is 15.2 Å². The highest BCUT2D eigenvalue weighted by molar-refractivity contribution is 6.01. The van der Waals surface area contributed by atoms with E-state index in [1.165, 1.54) is 24.9 Å². The first-order valence-electron chi connectivity index (χ1n) is 8.10. The number of carbonyl (C=O) groups excluding carboxylic acids is 1. The number of hydrogen-bond donors (Lipinski definition) is 2. The first-order chi connectivity index (χ1) is 10.5. The Balaban J connectivity index is 1.71. The van der Waals surface area contributed by atoms with Gasteiger partial charge in [0, 0.05) is 24.0 Å². The molecule has 2 N–H and O–H groups in total. The average molecular weight is 299 g/mol. The lowest BCUT2D eigenvalue weighted by Crippen LogP contribution is -2.39. The van der Waals surface area contributed by atoms with Gasteiger partial charge in [0.25, 0.3) is 5.91 Å². The van der Waals surface area contributed by atoms with E-state index in [1.54, 1.807) is 0 Å². The Morgan fingerprint density at radius 3 is 3.00 bits per heavy atom. The van der Waals surface area contributed by atoms with Gasteiger partial charge in [-0.2, -0.15) is 0 Å². The van der Waals surface area contributed by atoms with Crippen LogP contribution in [0.5, 0.6) is 0 Å². The van der Waals surface area contributed by atoms with Gasteiger partial charge in [0.2, 0.25) is 0 Å². The number of rotatable bonds is 3. The summed E-state index contributed by atoms with van der Waals surface area (Å²) in [4.78, 5) is 18.1. The fourth-order valence-electron chi connectivity index (χ4n) is 3.43. The van der Waals surface area contributed by atoms with Gasteiger partial charge in [-0.1, -0.05) is 11.6 Å². The number of fused-ring (bicyclic) bond motifs is 1. The van der Waals surface area contributed by atoms with Crippen molar-refractivity contribution >= 4 is 16.8 Å². The van der Waals surface area contributed by atoms with Crippen molar-refractivity contribution in [3.05, 3.63) is 35.0 Å². The average Bonchev–Trinajstić information content (AvgIpc) is 2.82. The Kier molecular flexibility index (Phi) is 4.21. The van der Waals surface area contributed by atoms with Gasteiger partial charge >= 0.3 is 0 Å². The summed E-state index contributed by atoms with van der Waals surface area (Å²) < 4.78 is 0. The number of piperidine rings is 1. The van der Waals surface area contributed by atoms with E-state index < -0.39 is 0 Å². The van der Waals surface area contributed by atoms with Crippen molar-refractivity contribution in [3.63, 3.8) is 0 Å². The monoisotopic (exact) mass is 299 g/mol. The van der Waals surface area contributed by atoms with Crippen LogP contribution in [0.4, 0.5) is 0 Å². The van der Waals surface area contributed by atoms with Crippen molar-refractivity contribution in [2.24, 2.45) is 5.92 Å². The van der Waals surface area contributed by atoms with Crippen molar-refractivity contribution in [1.82, 2.24) is 15.2 Å². The molecular weight excluding hydrogens is 274 g/mol. The molecule has 1 fully saturated rings. The fraction of sp³-hybridized carbons (Fsp3) is 0.500. The maximum Gasteiger partial charge on any atom is 0.268 e. The molecule has 0 radical (unpaired) electrons. The predicted molar refractivity (Wildman–Crippen MR) is 90.3 cm³/mol. The van der Waals surface area contributed by atoms with Gasteiger partial charge in [-0.25, -0.2) is 0 Å². The van der Waals surface area contributed by atoms with Crippen molar-refractivity contribution in [2.75, 3.05) is 26.7 Å². The summed E-state index contributed by atoms with van der Waals surface area (Å²) in [5.74, 6) is 0.578. The standard InChI is InChI=1S/C18H25N3O/c1-12-6-7-16-15(9-12)13(2)17(20-16)18(22)19-10-14-5-4-8-21(3)11-14/h6-7,9,14,20H,4-5,8,10-11H2,1-3H3,(H,19,22)/t14-/m0/s1. The van der Waals surface area contributed by atoms with Crippen LogP contribution in [-0.4, -0.2) is 42.5 Å². The van der Waals surface area contributed by atoms with Crippen LogP contribution in [0.15, 0.2) is 18.2 Å². The molecule has 4 heteroatoms. The van der Waals surface area contributed by atoms with Crippen LogP contribution in [0, 0.1) is 19.8 Å². The summed E-state index contributed by atoms with van der Waals surface area (Å²) in [5, 5.41) is 4.25.